The lowest BCUT2D eigenvalue weighted by Crippen LogP contribution is -2.27. The highest BCUT2D eigenvalue weighted by atomic mass is 35.5. The Kier molecular flexibility index (Phi) is 7.73. The SMILES string of the molecule is CCOc1cc(/C=C2\SC(=O)N(c3ccccc3)C2=O)cc(Cl)c1OCc1ccc(Cl)c(Cl)c1. The average Bonchev–Trinajstić information content (AvgIpc) is 3.09. The molecule has 0 spiro atoms. The third kappa shape index (κ3) is 5.36. The van der Waals surface area contributed by atoms with E-state index in [2.05, 4.69) is 0 Å². The molecule has 0 atom stereocenters. The zero-order valence-electron chi connectivity index (χ0n) is 17.9. The molecule has 5 nitrogen and oxygen atoms in total. The number of imide groups is 1. The number of hydrogen-bond acceptors (Lipinski definition) is 5. The van der Waals surface area contributed by atoms with Crippen molar-refractivity contribution >= 4 is 69.5 Å². The fourth-order valence-electron chi connectivity index (χ4n) is 3.28. The van der Waals surface area contributed by atoms with E-state index >= 15 is 0 Å². The molecule has 2 amide bonds. The molecule has 0 bridgehead atoms. The molecule has 9 heteroatoms. The number of carbonyl (C=O) groups excluding carboxylic acids is 2. The first-order valence-electron chi connectivity index (χ1n) is 10.2. The summed E-state index contributed by atoms with van der Waals surface area (Å²) >= 11 is 19.4. The fraction of sp³-hybridized carbons (Fsp3) is 0.120. The second kappa shape index (κ2) is 10.7. The van der Waals surface area contributed by atoms with E-state index in [1.807, 2.05) is 13.0 Å². The summed E-state index contributed by atoms with van der Waals surface area (Å²) in [5.74, 6) is 0.392. The lowest BCUT2D eigenvalue weighted by atomic mass is 10.1. The number of anilines is 1. The summed E-state index contributed by atoms with van der Waals surface area (Å²) in [5, 5.41) is 0.831. The Morgan fingerprint density at radius 1 is 0.912 bits per heavy atom. The van der Waals surface area contributed by atoms with E-state index in [4.69, 9.17) is 44.3 Å². The Hall–Kier alpha value is -2.64. The normalized spacial score (nSPS) is 14.7. The van der Waals surface area contributed by atoms with Gasteiger partial charge in [-0.15, -0.1) is 0 Å². The van der Waals surface area contributed by atoms with Crippen LogP contribution < -0.4 is 14.4 Å². The van der Waals surface area contributed by atoms with Crippen molar-refractivity contribution in [2.24, 2.45) is 0 Å². The van der Waals surface area contributed by atoms with Gasteiger partial charge in [0.25, 0.3) is 11.1 Å². The van der Waals surface area contributed by atoms with Gasteiger partial charge in [-0.05, 0) is 72.3 Å². The summed E-state index contributed by atoms with van der Waals surface area (Å²) in [6, 6.07) is 17.4. The van der Waals surface area contributed by atoms with Crippen LogP contribution in [0.3, 0.4) is 0 Å². The molecule has 0 unspecified atom stereocenters. The van der Waals surface area contributed by atoms with E-state index in [0.717, 1.165) is 22.2 Å². The molecule has 3 aromatic rings. The molecular formula is C25H18Cl3NO4S. The van der Waals surface area contributed by atoms with Crippen LogP contribution >= 0.6 is 46.6 Å². The fourth-order valence-corrected chi connectivity index (χ4v) is 4.71. The molecule has 174 valence electrons. The first kappa shape index (κ1) is 24.5. The molecule has 0 N–H and O–H groups in total. The maximum Gasteiger partial charge on any atom is 0.298 e. The smallest absolute Gasteiger partial charge is 0.298 e. The van der Waals surface area contributed by atoms with Gasteiger partial charge in [0.15, 0.2) is 11.5 Å². The summed E-state index contributed by atoms with van der Waals surface area (Å²) < 4.78 is 11.7. The molecule has 0 saturated carbocycles. The Balaban J connectivity index is 1.59. The minimum atomic E-state index is -0.393. The molecule has 1 saturated heterocycles. The Morgan fingerprint density at radius 3 is 2.38 bits per heavy atom. The second-order valence-electron chi connectivity index (χ2n) is 7.15. The third-order valence-corrected chi connectivity index (χ3v) is 6.69. The van der Waals surface area contributed by atoms with E-state index in [1.165, 1.54) is 0 Å². The quantitative estimate of drug-likeness (QED) is 0.289. The molecule has 4 rings (SSSR count). The minimum Gasteiger partial charge on any atom is -0.490 e. The van der Waals surface area contributed by atoms with Crippen LogP contribution in [0.4, 0.5) is 10.5 Å². The first-order chi connectivity index (χ1) is 16.4. The number of halogens is 3. The van der Waals surface area contributed by atoms with Gasteiger partial charge in [0.05, 0.1) is 32.3 Å². The molecule has 3 aromatic carbocycles. The van der Waals surface area contributed by atoms with Crippen molar-refractivity contribution in [2.75, 3.05) is 11.5 Å². The summed E-state index contributed by atoms with van der Waals surface area (Å²) in [6.07, 6.45) is 1.62. The van der Waals surface area contributed by atoms with E-state index < -0.39 is 5.91 Å². The van der Waals surface area contributed by atoms with E-state index in [1.54, 1.807) is 60.7 Å². The van der Waals surface area contributed by atoms with E-state index in [-0.39, 0.29) is 16.8 Å². The Bertz CT molecular complexity index is 1280. The van der Waals surface area contributed by atoms with E-state index in [9.17, 15) is 9.59 Å². The van der Waals surface area contributed by atoms with Crippen LogP contribution in [0.2, 0.25) is 15.1 Å². The number of rotatable bonds is 7. The molecule has 1 fully saturated rings. The molecule has 1 aliphatic rings. The molecule has 34 heavy (non-hydrogen) atoms. The maximum absolute atomic E-state index is 12.9. The first-order valence-corrected chi connectivity index (χ1v) is 12.2. The molecule has 0 radical (unpaired) electrons. The third-order valence-electron chi connectivity index (χ3n) is 4.80. The number of para-hydroxylation sites is 1. The summed E-state index contributed by atoms with van der Waals surface area (Å²) in [7, 11) is 0. The summed E-state index contributed by atoms with van der Waals surface area (Å²) in [6.45, 7) is 2.42. The topological polar surface area (TPSA) is 55.8 Å². The van der Waals surface area contributed by atoms with Gasteiger partial charge < -0.3 is 9.47 Å². The van der Waals surface area contributed by atoms with Crippen LogP contribution in [0.1, 0.15) is 18.1 Å². The predicted octanol–water partition coefficient (Wildman–Crippen LogP) is 7.87. The molecule has 0 aliphatic carbocycles. The predicted molar refractivity (Wildman–Crippen MR) is 138 cm³/mol. The molecule has 1 heterocycles. The second-order valence-corrected chi connectivity index (χ2v) is 9.37. The molecule has 0 aromatic heterocycles. The highest BCUT2D eigenvalue weighted by molar-refractivity contribution is 8.19. The van der Waals surface area contributed by atoms with Gasteiger partial charge in [-0.2, -0.15) is 0 Å². The number of nitrogens with zero attached hydrogens (tertiary/aromatic N) is 1. The van der Waals surface area contributed by atoms with Gasteiger partial charge in [-0.25, -0.2) is 4.90 Å². The molecule has 1 aliphatic heterocycles. The monoisotopic (exact) mass is 533 g/mol. The van der Waals surface area contributed by atoms with Crippen LogP contribution in [0, 0.1) is 0 Å². The van der Waals surface area contributed by atoms with Gasteiger partial charge in [-0.3, -0.25) is 9.59 Å². The van der Waals surface area contributed by atoms with Crippen molar-refractivity contribution < 1.29 is 19.1 Å². The van der Waals surface area contributed by atoms with Crippen molar-refractivity contribution in [1.82, 2.24) is 0 Å². The summed E-state index contributed by atoms with van der Waals surface area (Å²) in [4.78, 5) is 26.8. The van der Waals surface area contributed by atoms with Gasteiger partial charge >= 0.3 is 0 Å². The van der Waals surface area contributed by atoms with Crippen molar-refractivity contribution in [2.45, 2.75) is 13.5 Å². The van der Waals surface area contributed by atoms with Gasteiger partial charge in [0.2, 0.25) is 0 Å². The van der Waals surface area contributed by atoms with Crippen LogP contribution in [0.25, 0.3) is 6.08 Å². The van der Waals surface area contributed by atoms with Gasteiger partial charge in [-0.1, -0.05) is 59.1 Å². The number of ether oxygens (including phenoxy) is 2. The number of benzene rings is 3. The lowest BCUT2D eigenvalue weighted by Gasteiger charge is -2.15. The van der Waals surface area contributed by atoms with Gasteiger partial charge in [0, 0.05) is 0 Å². The van der Waals surface area contributed by atoms with Crippen LogP contribution in [0.15, 0.2) is 65.6 Å². The number of carbonyl (C=O) groups is 2. The maximum atomic E-state index is 12.9. The van der Waals surface area contributed by atoms with Crippen LogP contribution in [0.5, 0.6) is 11.5 Å². The highest BCUT2D eigenvalue weighted by Crippen LogP contribution is 2.40. The largest absolute Gasteiger partial charge is 0.490 e. The van der Waals surface area contributed by atoms with Gasteiger partial charge in [0.1, 0.15) is 6.61 Å². The van der Waals surface area contributed by atoms with E-state index in [0.29, 0.717) is 44.4 Å². The van der Waals surface area contributed by atoms with Crippen molar-refractivity contribution in [3.05, 3.63) is 91.8 Å². The number of amides is 2. The van der Waals surface area contributed by atoms with Crippen molar-refractivity contribution in [1.29, 1.82) is 0 Å². The average molecular weight is 535 g/mol. The standard InChI is InChI=1S/C25H18Cl3NO4S/c1-2-32-21-12-16(11-20(28)23(21)33-14-15-8-9-18(26)19(27)10-15)13-22-24(30)29(25(31)34-22)17-6-4-3-5-7-17/h3-13H,2,14H2,1H3/b22-13-. The highest BCUT2D eigenvalue weighted by Gasteiger charge is 2.36. The Morgan fingerprint density at radius 2 is 1.68 bits per heavy atom. The zero-order chi connectivity index (χ0) is 24.2. The molecular weight excluding hydrogens is 517 g/mol. The lowest BCUT2D eigenvalue weighted by molar-refractivity contribution is -0.113. The number of hydrogen-bond donors (Lipinski definition) is 0. The minimum absolute atomic E-state index is 0.200. The van der Waals surface area contributed by atoms with Crippen LogP contribution in [-0.2, 0) is 11.4 Å². The van der Waals surface area contributed by atoms with Crippen molar-refractivity contribution in [3.8, 4) is 11.5 Å². The zero-order valence-corrected chi connectivity index (χ0v) is 21.0. The van der Waals surface area contributed by atoms with Crippen molar-refractivity contribution in [3.63, 3.8) is 0 Å². The number of thioether (sulfide) groups is 1. The van der Waals surface area contributed by atoms with Crippen LogP contribution in [-0.4, -0.2) is 17.8 Å². The summed E-state index contributed by atoms with van der Waals surface area (Å²) in [5.41, 5.74) is 1.94. The Labute approximate surface area is 216 Å².